The van der Waals surface area contributed by atoms with Crippen LogP contribution in [-0.4, -0.2) is 9.55 Å². The topological polar surface area (TPSA) is 17.8 Å². The maximum atomic E-state index is 5.86. The highest BCUT2D eigenvalue weighted by molar-refractivity contribution is 14.1. The zero-order chi connectivity index (χ0) is 8.72. The number of fused-ring (bicyclic) bond motifs is 1. The van der Waals surface area contributed by atoms with E-state index in [2.05, 4.69) is 27.6 Å². The van der Waals surface area contributed by atoms with Crippen molar-refractivity contribution in [3.63, 3.8) is 0 Å². The SMILES string of the molecule is Cn1c(I)nc2ccc(Cl)cc21. The quantitative estimate of drug-likeness (QED) is 0.683. The van der Waals surface area contributed by atoms with Gasteiger partial charge in [0.2, 0.25) is 0 Å². The molecule has 2 aromatic rings. The van der Waals surface area contributed by atoms with Crippen LogP contribution in [0.15, 0.2) is 18.2 Å². The van der Waals surface area contributed by atoms with Crippen molar-refractivity contribution in [1.82, 2.24) is 9.55 Å². The minimum atomic E-state index is 0.752. The molecule has 0 saturated heterocycles. The highest BCUT2D eigenvalue weighted by Crippen LogP contribution is 2.20. The number of hydrogen-bond acceptors (Lipinski definition) is 1. The van der Waals surface area contributed by atoms with Gasteiger partial charge in [0.25, 0.3) is 0 Å². The molecular formula is C8H6ClIN2. The second-order valence-electron chi connectivity index (χ2n) is 2.57. The van der Waals surface area contributed by atoms with Crippen LogP contribution in [0.5, 0.6) is 0 Å². The van der Waals surface area contributed by atoms with E-state index in [0.717, 1.165) is 19.9 Å². The minimum absolute atomic E-state index is 0.752. The summed E-state index contributed by atoms with van der Waals surface area (Å²) in [4.78, 5) is 4.34. The van der Waals surface area contributed by atoms with E-state index in [4.69, 9.17) is 11.6 Å². The van der Waals surface area contributed by atoms with Crippen molar-refractivity contribution in [3.05, 3.63) is 27.1 Å². The fourth-order valence-electron chi connectivity index (χ4n) is 1.13. The Bertz CT molecular complexity index is 436. The Balaban J connectivity index is 2.88. The molecule has 62 valence electrons. The first-order valence-electron chi connectivity index (χ1n) is 3.46. The van der Waals surface area contributed by atoms with E-state index >= 15 is 0 Å². The predicted molar refractivity (Wildman–Crippen MR) is 58.4 cm³/mol. The third kappa shape index (κ3) is 1.21. The maximum absolute atomic E-state index is 5.86. The maximum Gasteiger partial charge on any atom is 0.172 e. The molecule has 0 aliphatic carbocycles. The Kier molecular flexibility index (Phi) is 2.00. The van der Waals surface area contributed by atoms with Gasteiger partial charge in [-0.25, -0.2) is 4.98 Å². The average molecular weight is 293 g/mol. The van der Waals surface area contributed by atoms with Crippen molar-refractivity contribution in [2.45, 2.75) is 0 Å². The molecule has 0 aliphatic heterocycles. The van der Waals surface area contributed by atoms with Crippen LogP contribution in [0.1, 0.15) is 0 Å². The predicted octanol–water partition coefficient (Wildman–Crippen LogP) is 2.83. The van der Waals surface area contributed by atoms with Gasteiger partial charge >= 0.3 is 0 Å². The molecule has 0 unspecified atom stereocenters. The molecule has 0 aliphatic rings. The highest BCUT2D eigenvalue weighted by atomic mass is 127. The molecule has 2 rings (SSSR count). The summed E-state index contributed by atoms with van der Waals surface area (Å²) >= 11 is 8.05. The molecule has 0 N–H and O–H groups in total. The van der Waals surface area contributed by atoms with Crippen molar-refractivity contribution in [2.24, 2.45) is 7.05 Å². The largest absolute Gasteiger partial charge is 0.322 e. The third-order valence-electron chi connectivity index (χ3n) is 1.79. The number of nitrogens with zero attached hydrogens (tertiary/aromatic N) is 2. The molecule has 4 heteroatoms. The third-order valence-corrected chi connectivity index (χ3v) is 2.99. The molecule has 0 amide bonds. The van der Waals surface area contributed by atoms with Crippen LogP contribution in [0.4, 0.5) is 0 Å². The number of benzene rings is 1. The van der Waals surface area contributed by atoms with Crippen molar-refractivity contribution in [3.8, 4) is 0 Å². The summed E-state index contributed by atoms with van der Waals surface area (Å²) in [6, 6.07) is 5.71. The van der Waals surface area contributed by atoms with Crippen molar-refractivity contribution >= 4 is 45.2 Å². The number of aromatic nitrogens is 2. The Morgan fingerprint density at radius 2 is 2.25 bits per heavy atom. The molecule has 2 nitrogen and oxygen atoms in total. The number of hydrogen-bond donors (Lipinski definition) is 0. The van der Waals surface area contributed by atoms with Gasteiger partial charge in [-0.15, -0.1) is 0 Å². The molecule has 0 bridgehead atoms. The van der Waals surface area contributed by atoms with Gasteiger partial charge in [-0.1, -0.05) is 11.6 Å². The van der Waals surface area contributed by atoms with Crippen LogP contribution < -0.4 is 0 Å². The summed E-state index contributed by atoms with van der Waals surface area (Å²) < 4.78 is 2.99. The van der Waals surface area contributed by atoms with Gasteiger partial charge < -0.3 is 4.57 Å². The standard InChI is InChI=1S/C8H6ClIN2/c1-12-7-4-5(9)2-3-6(7)11-8(12)10/h2-4H,1H3. The van der Waals surface area contributed by atoms with Gasteiger partial charge in [0, 0.05) is 12.1 Å². The fourth-order valence-corrected chi connectivity index (χ4v) is 1.82. The van der Waals surface area contributed by atoms with Crippen LogP contribution in [0.3, 0.4) is 0 Å². The average Bonchev–Trinajstić information content (AvgIpc) is 2.31. The number of aryl methyl sites for hydroxylation is 1. The Labute approximate surface area is 88.7 Å². The van der Waals surface area contributed by atoms with Crippen molar-refractivity contribution in [1.29, 1.82) is 0 Å². The van der Waals surface area contributed by atoms with Gasteiger partial charge in [-0.3, -0.25) is 0 Å². The Morgan fingerprint density at radius 1 is 1.50 bits per heavy atom. The van der Waals surface area contributed by atoms with E-state index in [9.17, 15) is 0 Å². The lowest BCUT2D eigenvalue weighted by atomic mass is 10.3. The summed E-state index contributed by atoms with van der Waals surface area (Å²) in [5, 5.41) is 0.752. The first-order chi connectivity index (χ1) is 5.68. The van der Waals surface area contributed by atoms with Gasteiger partial charge in [-0.2, -0.15) is 0 Å². The monoisotopic (exact) mass is 292 g/mol. The first-order valence-corrected chi connectivity index (χ1v) is 4.91. The minimum Gasteiger partial charge on any atom is -0.322 e. The molecule has 0 atom stereocenters. The highest BCUT2D eigenvalue weighted by Gasteiger charge is 2.04. The number of halogens is 2. The molecular weight excluding hydrogens is 286 g/mol. The summed E-state index contributed by atoms with van der Waals surface area (Å²) in [5.74, 6) is 0. The summed E-state index contributed by atoms with van der Waals surface area (Å²) in [7, 11) is 1.98. The van der Waals surface area contributed by atoms with Crippen LogP contribution >= 0.6 is 34.2 Å². The normalized spacial score (nSPS) is 10.9. The van der Waals surface area contributed by atoms with E-state index < -0.39 is 0 Å². The van der Waals surface area contributed by atoms with Crippen molar-refractivity contribution < 1.29 is 0 Å². The molecule has 0 radical (unpaired) electrons. The Morgan fingerprint density at radius 3 is 3.00 bits per heavy atom. The van der Waals surface area contributed by atoms with Crippen LogP contribution in [-0.2, 0) is 7.05 Å². The fraction of sp³-hybridized carbons (Fsp3) is 0.125. The second kappa shape index (κ2) is 2.88. The zero-order valence-electron chi connectivity index (χ0n) is 6.38. The lowest BCUT2D eigenvalue weighted by molar-refractivity contribution is 0.908. The van der Waals surface area contributed by atoms with Crippen molar-refractivity contribution in [2.75, 3.05) is 0 Å². The molecule has 0 fully saturated rings. The molecule has 1 heterocycles. The van der Waals surface area contributed by atoms with E-state index in [0.29, 0.717) is 0 Å². The lowest BCUT2D eigenvalue weighted by Gasteiger charge is -1.94. The number of imidazole rings is 1. The molecule has 12 heavy (non-hydrogen) atoms. The van der Waals surface area contributed by atoms with Gasteiger partial charge in [0.05, 0.1) is 11.0 Å². The zero-order valence-corrected chi connectivity index (χ0v) is 9.30. The van der Waals surface area contributed by atoms with Crippen LogP contribution in [0.2, 0.25) is 5.02 Å². The molecule has 1 aromatic heterocycles. The molecule has 0 spiro atoms. The van der Waals surface area contributed by atoms with Gasteiger partial charge in [0.15, 0.2) is 3.83 Å². The van der Waals surface area contributed by atoms with Gasteiger partial charge in [0.1, 0.15) is 0 Å². The van der Waals surface area contributed by atoms with Crippen LogP contribution in [0.25, 0.3) is 11.0 Å². The summed E-state index contributed by atoms with van der Waals surface area (Å²) in [5.41, 5.74) is 2.07. The molecule has 1 aromatic carbocycles. The number of rotatable bonds is 0. The smallest absolute Gasteiger partial charge is 0.172 e. The first kappa shape index (κ1) is 8.31. The van der Waals surface area contributed by atoms with E-state index in [1.165, 1.54) is 0 Å². The Hall–Kier alpha value is -0.290. The summed E-state index contributed by atoms with van der Waals surface area (Å²) in [6.07, 6.45) is 0. The van der Waals surface area contributed by atoms with E-state index in [-0.39, 0.29) is 0 Å². The molecule has 0 saturated carbocycles. The lowest BCUT2D eigenvalue weighted by Crippen LogP contribution is -1.89. The van der Waals surface area contributed by atoms with Gasteiger partial charge in [-0.05, 0) is 40.8 Å². The summed E-state index contributed by atoms with van der Waals surface area (Å²) in [6.45, 7) is 0. The van der Waals surface area contributed by atoms with E-state index in [1.807, 2.05) is 29.8 Å². The van der Waals surface area contributed by atoms with E-state index in [1.54, 1.807) is 0 Å². The van der Waals surface area contributed by atoms with Crippen LogP contribution in [0, 0.1) is 3.83 Å². The second-order valence-corrected chi connectivity index (χ2v) is 3.97.